The number of fused-ring (bicyclic) bond motifs is 13. The first kappa shape index (κ1) is 22.8. The molecular weight excluding hydrogens is 524 g/mol. The highest BCUT2D eigenvalue weighted by Gasteiger charge is 2.21. The minimum Gasteiger partial charge on any atom is -0.309 e. The summed E-state index contributed by atoms with van der Waals surface area (Å²) in [6.07, 6.45) is 3.98. The van der Waals surface area contributed by atoms with Gasteiger partial charge in [-0.2, -0.15) is 0 Å². The van der Waals surface area contributed by atoms with E-state index in [1.54, 1.807) is 0 Å². The van der Waals surface area contributed by atoms with Crippen LogP contribution in [-0.4, -0.2) is 18.5 Å². The minimum absolute atomic E-state index is 0.988. The molecule has 0 saturated carbocycles. The van der Waals surface area contributed by atoms with Crippen molar-refractivity contribution in [3.63, 3.8) is 0 Å². The topological polar surface area (TPSA) is 27.2 Å². The Labute approximate surface area is 246 Å². The van der Waals surface area contributed by atoms with Crippen molar-refractivity contribution in [2.75, 3.05) is 0 Å². The van der Waals surface area contributed by atoms with Gasteiger partial charge in [0.15, 0.2) is 0 Å². The SMILES string of the molecule is c1ccc(-n2c3ccccc3c3cc4c5c6c7ccccc7c7nccn7c6ccc5n(-c5ccccc5)c4cc32)cc1. The van der Waals surface area contributed by atoms with Gasteiger partial charge in [0.1, 0.15) is 5.65 Å². The molecule has 0 aliphatic rings. The average Bonchev–Trinajstić information content (AvgIpc) is 3.77. The molecule has 0 unspecified atom stereocenters. The van der Waals surface area contributed by atoms with E-state index in [2.05, 4.69) is 153 Å². The molecular formula is C39H24N4. The lowest BCUT2D eigenvalue weighted by Crippen LogP contribution is -1.96. The summed E-state index contributed by atoms with van der Waals surface area (Å²) in [5, 5.41) is 8.66. The van der Waals surface area contributed by atoms with Gasteiger partial charge in [0.2, 0.25) is 0 Å². The number of pyridine rings is 1. The Morgan fingerprint density at radius 2 is 0.977 bits per heavy atom. The number of hydrogen-bond acceptors (Lipinski definition) is 1. The summed E-state index contributed by atoms with van der Waals surface area (Å²) >= 11 is 0. The van der Waals surface area contributed by atoms with Crippen LogP contribution in [0.4, 0.5) is 0 Å². The third-order valence-electron chi connectivity index (χ3n) is 9.07. The van der Waals surface area contributed by atoms with Crippen molar-refractivity contribution in [3.8, 4) is 11.4 Å². The normalized spacial score (nSPS) is 12.2. The van der Waals surface area contributed by atoms with Crippen LogP contribution in [0, 0.1) is 0 Å². The zero-order chi connectivity index (χ0) is 28.1. The van der Waals surface area contributed by atoms with Crippen LogP contribution in [0.15, 0.2) is 146 Å². The first-order valence-electron chi connectivity index (χ1n) is 14.7. The van der Waals surface area contributed by atoms with Gasteiger partial charge in [-0.05, 0) is 60.0 Å². The lowest BCUT2D eigenvalue weighted by Gasteiger charge is -2.11. The van der Waals surface area contributed by atoms with E-state index in [-0.39, 0.29) is 0 Å². The van der Waals surface area contributed by atoms with Crippen LogP contribution in [0.5, 0.6) is 0 Å². The van der Waals surface area contributed by atoms with Gasteiger partial charge in [-0.1, -0.05) is 78.9 Å². The van der Waals surface area contributed by atoms with Crippen molar-refractivity contribution in [2.24, 2.45) is 0 Å². The summed E-state index contributed by atoms with van der Waals surface area (Å²) in [7, 11) is 0. The monoisotopic (exact) mass is 548 g/mol. The lowest BCUT2D eigenvalue weighted by molar-refractivity contribution is 1.16. The molecule has 6 aromatic carbocycles. The first-order valence-corrected chi connectivity index (χ1v) is 14.7. The molecule has 0 N–H and O–H groups in total. The smallest absolute Gasteiger partial charge is 0.145 e. The zero-order valence-electron chi connectivity index (χ0n) is 23.1. The van der Waals surface area contributed by atoms with Crippen LogP contribution in [0.25, 0.3) is 82.3 Å². The highest BCUT2D eigenvalue weighted by Crippen LogP contribution is 2.43. The van der Waals surface area contributed by atoms with Gasteiger partial charge < -0.3 is 9.13 Å². The van der Waals surface area contributed by atoms with Crippen LogP contribution in [0.1, 0.15) is 0 Å². The maximum absolute atomic E-state index is 4.75. The second-order valence-electron chi connectivity index (χ2n) is 11.3. The molecule has 0 radical (unpaired) electrons. The number of aromatic nitrogens is 4. The molecule has 0 aliphatic heterocycles. The van der Waals surface area contributed by atoms with E-state index in [4.69, 9.17) is 4.98 Å². The van der Waals surface area contributed by atoms with Crippen molar-refractivity contribution in [1.82, 2.24) is 18.5 Å². The second-order valence-corrected chi connectivity index (χ2v) is 11.3. The Morgan fingerprint density at radius 3 is 1.74 bits per heavy atom. The number of nitrogens with zero attached hydrogens (tertiary/aromatic N) is 4. The maximum atomic E-state index is 4.75. The minimum atomic E-state index is 0.988. The Kier molecular flexibility index (Phi) is 4.42. The lowest BCUT2D eigenvalue weighted by atomic mass is 10.00. The molecule has 0 aliphatic carbocycles. The fourth-order valence-corrected chi connectivity index (χ4v) is 7.34. The summed E-state index contributed by atoms with van der Waals surface area (Å²) in [5.41, 5.74) is 9.26. The van der Waals surface area contributed by atoms with Crippen molar-refractivity contribution >= 4 is 70.9 Å². The molecule has 4 aromatic heterocycles. The molecule has 4 heteroatoms. The van der Waals surface area contributed by atoms with Crippen LogP contribution in [0.3, 0.4) is 0 Å². The Morgan fingerprint density at radius 1 is 0.395 bits per heavy atom. The third-order valence-corrected chi connectivity index (χ3v) is 9.07. The standard InChI is InChI=1S/C39H24N4/c1-3-11-25(12-4-1)42-32-18-10-9-15-27(32)30-23-31-36(24-35(30)42)43(26-13-5-2-6-14-26)34-20-19-33-37(38(31)34)28-16-7-8-17-29(28)39-40-21-22-41(33)39/h1-24H. The molecule has 200 valence electrons. The summed E-state index contributed by atoms with van der Waals surface area (Å²) in [5.74, 6) is 0. The van der Waals surface area contributed by atoms with E-state index >= 15 is 0 Å². The van der Waals surface area contributed by atoms with E-state index in [9.17, 15) is 0 Å². The van der Waals surface area contributed by atoms with Gasteiger partial charge >= 0.3 is 0 Å². The highest BCUT2D eigenvalue weighted by molar-refractivity contribution is 6.30. The molecule has 0 atom stereocenters. The molecule has 10 rings (SSSR count). The van der Waals surface area contributed by atoms with E-state index in [0.717, 1.165) is 27.9 Å². The fraction of sp³-hybridized carbons (Fsp3) is 0. The summed E-state index contributed by atoms with van der Waals surface area (Å²) in [4.78, 5) is 4.75. The van der Waals surface area contributed by atoms with E-state index in [1.807, 2.05) is 6.20 Å². The maximum Gasteiger partial charge on any atom is 0.145 e. The molecule has 0 saturated heterocycles. The predicted octanol–water partition coefficient (Wildman–Crippen LogP) is 9.83. The molecule has 4 heterocycles. The number of hydrogen-bond donors (Lipinski definition) is 0. The average molecular weight is 549 g/mol. The molecule has 0 spiro atoms. The molecule has 4 nitrogen and oxygen atoms in total. The van der Waals surface area contributed by atoms with Crippen molar-refractivity contribution in [2.45, 2.75) is 0 Å². The Hall–Kier alpha value is -5.87. The van der Waals surface area contributed by atoms with E-state index in [0.29, 0.717) is 0 Å². The molecule has 0 fully saturated rings. The largest absolute Gasteiger partial charge is 0.309 e. The van der Waals surface area contributed by atoms with Crippen molar-refractivity contribution in [3.05, 3.63) is 146 Å². The zero-order valence-corrected chi connectivity index (χ0v) is 23.1. The number of benzene rings is 6. The summed E-state index contributed by atoms with van der Waals surface area (Å²) < 4.78 is 7.08. The summed E-state index contributed by atoms with van der Waals surface area (Å²) in [6, 6.07) is 48.3. The summed E-state index contributed by atoms with van der Waals surface area (Å²) in [6.45, 7) is 0. The quantitative estimate of drug-likeness (QED) is 0.198. The van der Waals surface area contributed by atoms with Crippen LogP contribution in [0.2, 0.25) is 0 Å². The number of para-hydroxylation sites is 3. The van der Waals surface area contributed by atoms with Gasteiger partial charge in [-0.15, -0.1) is 0 Å². The molecule has 0 amide bonds. The third kappa shape index (κ3) is 2.97. The molecule has 43 heavy (non-hydrogen) atoms. The van der Waals surface area contributed by atoms with Gasteiger partial charge in [-0.3, -0.25) is 4.40 Å². The Balaban J connectivity index is 1.49. The fourth-order valence-electron chi connectivity index (χ4n) is 7.34. The first-order chi connectivity index (χ1) is 21.4. The van der Waals surface area contributed by atoms with Gasteiger partial charge in [0, 0.05) is 56.1 Å². The van der Waals surface area contributed by atoms with Gasteiger partial charge in [0.25, 0.3) is 0 Å². The number of imidazole rings is 1. The molecule has 0 bridgehead atoms. The number of rotatable bonds is 2. The van der Waals surface area contributed by atoms with E-state index in [1.165, 1.54) is 54.4 Å². The van der Waals surface area contributed by atoms with Crippen LogP contribution in [-0.2, 0) is 0 Å². The van der Waals surface area contributed by atoms with E-state index < -0.39 is 0 Å². The van der Waals surface area contributed by atoms with Gasteiger partial charge in [0.05, 0.1) is 27.6 Å². The highest BCUT2D eigenvalue weighted by atomic mass is 15.0. The van der Waals surface area contributed by atoms with Crippen molar-refractivity contribution < 1.29 is 0 Å². The van der Waals surface area contributed by atoms with Gasteiger partial charge in [-0.25, -0.2) is 4.98 Å². The Bertz CT molecular complexity index is 2710. The predicted molar refractivity (Wildman–Crippen MR) is 179 cm³/mol. The molecule has 10 aromatic rings. The second kappa shape index (κ2) is 8.34. The van der Waals surface area contributed by atoms with Crippen molar-refractivity contribution in [1.29, 1.82) is 0 Å². The van der Waals surface area contributed by atoms with Crippen LogP contribution < -0.4 is 0 Å². The van der Waals surface area contributed by atoms with Crippen LogP contribution >= 0.6 is 0 Å².